The van der Waals surface area contributed by atoms with Gasteiger partial charge in [-0.15, -0.1) is 0 Å². The summed E-state index contributed by atoms with van der Waals surface area (Å²) in [6.45, 7) is 5.13. The first-order valence-corrected chi connectivity index (χ1v) is 11.1. The average Bonchev–Trinajstić information content (AvgIpc) is 3.15. The summed E-state index contributed by atoms with van der Waals surface area (Å²) in [6, 6.07) is 0. The van der Waals surface area contributed by atoms with Crippen molar-refractivity contribution in [3.63, 3.8) is 0 Å². The lowest BCUT2D eigenvalue weighted by Crippen LogP contribution is -2.56. The third kappa shape index (κ3) is 2.25. The molecule has 0 bridgehead atoms. The number of hydrogen-bond donors (Lipinski definition) is 0. The van der Waals surface area contributed by atoms with Gasteiger partial charge in [-0.2, -0.15) is 0 Å². The van der Waals surface area contributed by atoms with Gasteiger partial charge in [0.1, 0.15) is 5.60 Å². The first-order valence-electron chi connectivity index (χ1n) is 11.1. The third-order valence-corrected chi connectivity index (χ3v) is 10.1. The predicted molar refractivity (Wildman–Crippen MR) is 101 cm³/mol. The van der Waals surface area contributed by atoms with Gasteiger partial charge in [0.2, 0.25) is 0 Å². The van der Waals surface area contributed by atoms with Crippen LogP contribution in [0, 0.1) is 34.5 Å². The zero-order valence-electron chi connectivity index (χ0n) is 16.9. The van der Waals surface area contributed by atoms with Crippen LogP contribution in [0.15, 0.2) is 0 Å². The molecule has 8 atom stereocenters. The van der Waals surface area contributed by atoms with Gasteiger partial charge in [-0.05, 0) is 98.7 Å². The average molecular weight is 361 g/mol. The fourth-order valence-electron chi connectivity index (χ4n) is 8.64. The molecule has 1 saturated heterocycles. The fourth-order valence-corrected chi connectivity index (χ4v) is 8.64. The Balaban J connectivity index is 1.39. The zero-order chi connectivity index (χ0) is 18.2. The summed E-state index contributed by atoms with van der Waals surface area (Å²) in [7, 11) is 1.92. The van der Waals surface area contributed by atoms with E-state index in [1.54, 1.807) is 0 Å². The quantitative estimate of drug-likeness (QED) is 0.609. The molecule has 0 aromatic carbocycles. The van der Waals surface area contributed by atoms with E-state index in [-0.39, 0.29) is 11.6 Å². The van der Waals surface area contributed by atoms with Crippen molar-refractivity contribution in [1.82, 2.24) is 0 Å². The van der Waals surface area contributed by atoms with Crippen molar-refractivity contribution in [2.75, 3.05) is 7.11 Å². The molecule has 146 valence electrons. The van der Waals surface area contributed by atoms with Crippen molar-refractivity contribution in [1.29, 1.82) is 0 Å². The molecule has 4 aliphatic carbocycles. The summed E-state index contributed by atoms with van der Waals surface area (Å²) in [5, 5.41) is 0. The van der Waals surface area contributed by atoms with Crippen molar-refractivity contribution < 1.29 is 14.3 Å². The lowest BCUT2D eigenvalue weighted by atomic mass is 9.44. The second-order valence-electron chi connectivity index (χ2n) is 10.9. The van der Waals surface area contributed by atoms with E-state index >= 15 is 0 Å². The van der Waals surface area contributed by atoms with Gasteiger partial charge in [-0.25, -0.2) is 0 Å². The molecular formula is C23H36O3. The summed E-state index contributed by atoms with van der Waals surface area (Å²) < 4.78 is 11.8. The Morgan fingerprint density at radius 1 is 0.923 bits per heavy atom. The van der Waals surface area contributed by atoms with Crippen LogP contribution < -0.4 is 0 Å². The smallest absolute Gasteiger partial charge is 0.306 e. The number of esters is 1. The lowest BCUT2D eigenvalue weighted by Gasteiger charge is -2.62. The normalized spacial score (nSPS) is 56.0. The summed E-state index contributed by atoms with van der Waals surface area (Å²) in [5.74, 6) is 3.45. The summed E-state index contributed by atoms with van der Waals surface area (Å²) >= 11 is 0. The monoisotopic (exact) mass is 360 g/mol. The predicted octanol–water partition coefficient (Wildman–Crippen LogP) is 5.12. The maximum atomic E-state index is 11.8. The van der Waals surface area contributed by atoms with Crippen molar-refractivity contribution in [2.45, 2.75) is 96.2 Å². The van der Waals surface area contributed by atoms with Crippen LogP contribution in [0.1, 0.15) is 84.5 Å². The van der Waals surface area contributed by atoms with Gasteiger partial charge < -0.3 is 9.47 Å². The summed E-state index contributed by atoms with van der Waals surface area (Å²) in [6.07, 6.45) is 13.7. The minimum absolute atomic E-state index is 0.0484. The van der Waals surface area contributed by atoms with Crippen molar-refractivity contribution in [3.8, 4) is 0 Å². The van der Waals surface area contributed by atoms with E-state index in [0.717, 1.165) is 42.9 Å². The van der Waals surface area contributed by atoms with Gasteiger partial charge >= 0.3 is 5.97 Å². The van der Waals surface area contributed by atoms with Gasteiger partial charge in [-0.1, -0.05) is 13.8 Å². The SMILES string of the molecule is CO[C@H]1CC[C@H]2[C@@H]3CC[C@H]4C[C@@]5(CCC(=O)O5)CC[C@]4(C)[C@H]3CC[C@]12C. The van der Waals surface area contributed by atoms with Crippen molar-refractivity contribution >= 4 is 5.97 Å². The van der Waals surface area contributed by atoms with Crippen LogP contribution in [0.2, 0.25) is 0 Å². The molecule has 1 aliphatic heterocycles. The molecule has 4 saturated carbocycles. The van der Waals surface area contributed by atoms with Crippen LogP contribution in [0.25, 0.3) is 0 Å². The Kier molecular flexibility index (Phi) is 3.85. The Hall–Kier alpha value is -0.570. The molecule has 0 amide bonds. The molecule has 3 nitrogen and oxygen atoms in total. The minimum atomic E-state index is -0.0915. The Morgan fingerprint density at radius 2 is 1.73 bits per heavy atom. The molecule has 0 unspecified atom stereocenters. The van der Waals surface area contributed by atoms with E-state index in [4.69, 9.17) is 9.47 Å². The summed E-state index contributed by atoms with van der Waals surface area (Å²) in [5.41, 5.74) is 0.789. The van der Waals surface area contributed by atoms with E-state index < -0.39 is 0 Å². The van der Waals surface area contributed by atoms with E-state index in [1.165, 1.54) is 44.9 Å². The van der Waals surface area contributed by atoms with E-state index in [0.29, 0.717) is 23.4 Å². The Bertz CT molecular complexity index is 602. The lowest BCUT2D eigenvalue weighted by molar-refractivity contribution is -0.172. The highest BCUT2D eigenvalue weighted by Gasteiger charge is 2.62. The molecular weight excluding hydrogens is 324 g/mol. The molecule has 3 heteroatoms. The number of carbonyl (C=O) groups excluding carboxylic acids is 1. The van der Waals surface area contributed by atoms with Crippen molar-refractivity contribution in [3.05, 3.63) is 0 Å². The Labute approximate surface area is 158 Å². The molecule has 5 aliphatic rings. The van der Waals surface area contributed by atoms with Crippen molar-refractivity contribution in [2.24, 2.45) is 34.5 Å². The standard InChI is InChI=1S/C23H36O3/c1-21-12-13-23(11-9-20(24)26-23)14-15(21)4-5-16-17-6-7-19(25-3)22(17,2)10-8-18(16)21/h15-19H,4-14H2,1-3H3/t15-,16-,17-,18-,19-,21-,22-,23+/m0/s1. The largest absolute Gasteiger partial charge is 0.459 e. The second-order valence-corrected chi connectivity index (χ2v) is 10.9. The van der Waals surface area contributed by atoms with Crippen LogP contribution in [-0.2, 0) is 14.3 Å². The second kappa shape index (κ2) is 5.72. The Morgan fingerprint density at radius 3 is 2.46 bits per heavy atom. The minimum Gasteiger partial charge on any atom is -0.459 e. The third-order valence-electron chi connectivity index (χ3n) is 10.1. The van der Waals surface area contributed by atoms with Gasteiger partial charge in [0, 0.05) is 13.5 Å². The maximum absolute atomic E-state index is 11.8. The van der Waals surface area contributed by atoms with Gasteiger partial charge in [0.25, 0.3) is 0 Å². The zero-order valence-corrected chi connectivity index (χ0v) is 16.9. The number of hydrogen-bond acceptors (Lipinski definition) is 3. The first-order chi connectivity index (χ1) is 12.4. The molecule has 0 aromatic rings. The molecule has 5 fully saturated rings. The topological polar surface area (TPSA) is 35.5 Å². The number of carbonyl (C=O) groups is 1. The molecule has 0 N–H and O–H groups in total. The first kappa shape index (κ1) is 17.5. The number of rotatable bonds is 1. The molecule has 1 spiro atoms. The van der Waals surface area contributed by atoms with E-state index in [1.807, 2.05) is 7.11 Å². The van der Waals surface area contributed by atoms with E-state index in [2.05, 4.69) is 13.8 Å². The fraction of sp³-hybridized carbons (Fsp3) is 0.957. The van der Waals surface area contributed by atoms with Crippen LogP contribution >= 0.6 is 0 Å². The number of ether oxygens (including phenoxy) is 2. The maximum Gasteiger partial charge on any atom is 0.306 e. The van der Waals surface area contributed by atoms with Gasteiger partial charge in [0.05, 0.1) is 6.10 Å². The van der Waals surface area contributed by atoms with Crippen LogP contribution in [0.4, 0.5) is 0 Å². The highest BCUT2D eigenvalue weighted by Crippen LogP contribution is 2.67. The molecule has 26 heavy (non-hydrogen) atoms. The van der Waals surface area contributed by atoms with E-state index in [9.17, 15) is 4.79 Å². The molecule has 0 aromatic heterocycles. The molecule has 5 rings (SSSR count). The highest BCUT2D eigenvalue weighted by molar-refractivity contribution is 5.72. The van der Waals surface area contributed by atoms with Crippen LogP contribution in [0.3, 0.4) is 0 Å². The van der Waals surface area contributed by atoms with Crippen LogP contribution in [-0.4, -0.2) is 24.8 Å². The molecule has 1 heterocycles. The highest BCUT2D eigenvalue weighted by atomic mass is 16.6. The van der Waals surface area contributed by atoms with Gasteiger partial charge in [-0.3, -0.25) is 4.79 Å². The number of fused-ring (bicyclic) bond motifs is 5. The summed E-state index contributed by atoms with van der Waals surface area (Å²) in [4.78, 5) is 11.8. The number of methoxy groups -OCH3 is 1. The van der Waals surface area contributed by atoms with Gasteiger partial charge in [0.15, 0.2) is 0 Å². The van der Waals surface area contributed by atoms with Crippen LogP contribution in [0.5, 0.6) is 0 Å². The molecule has 0 radical (unpaired) electrons.